The third-order valence-corrected chi connectivity index (χ3v) is 6.32. The van der Waals surface area contributed by atoms with E-state index in [4.69, 9.17) is 10.5 Å². The molecule has 0 fully saturated rings. The van der Waals surface area contributed by atoms with Crippen molar-refractivity contribution in [2.75, 3.05) is 12.5 Å². The van der Waals surface area contributed by atoms with Crippen molar-refractivity contribution in [3.05, 3.63) is 87.5 Å². The number of H-pyrrole nitrogens is 1. The van der Waals surface area contributed by atoms with Gasteiger partial charge in [-0.15, -0.1) is 0 Å². The largest absolute Gasteiger partial charge is 0.397 e. The van der Waals surface area contributed by atoms with Crippen LogP contribution in [0.1, 0.15) is 71.9 Å². The Kier molecular flexibility index (Phi) is 9.01. The highest BCUT2D eigenvalue weighted by atomic mass is 19.1. The topological polar surface area (TPSA) is 80.1 Å². The number of halogens is 1. The molecule has 0 aliphatic heterocycles. The van der Waals surface area contributed by atoms with Crippen LogP contribution in [0.25, 0.3) is 11.6 Å². The first-order chi connectivity index (χ1) is 16.7. The van der Waals surface area contributed by atoms with Crippen LogP contribution in [0, 0.1) is 26.6 Å². The molecule has 1 atom stereocenters. The lowest BCUT2D eigenvalue weighted by Gasteiger charge is -2.15. The summed E-state index contributed by atoms with van der Waals surface area (Å²) in [6, 6.07) is 12.6. The lowest BCUT2D eigenvalue weighted by Crippen LogP contribution is -2.21. The monoisotopic (exact) mass is 477 g/mol. The van der Waals surface area contributed by atoms with E-state index in [0.717, 1.165) is 51.3 Å². The van der Waals surface area contributed by atoms with E-state index in [1.807, 2.05) is 58.9 Å². The van der Waals surface area contributed by atoms with Crippen LogP contribution in [-0.4, -0.2) is 17.5 Å². The molecule has 0 aliphatic rings. The smallest absolute Gasteiger partial charge is 0.163 e. The van der Waals surface area contributed by atoms with Gasteiger partial charge in [0.25, 0.3) is 0 Å². The summed E-state index contributed by atoms with van der Waals surface area (Å²) in [4.78, 5) is 16.4. The molecular weight excluding hydrogens is 441 g/mol. The number of allylic oxidation sites excluding steroid dienone is 1. The summed E-state index contributed by atoms with van der Waals surface area (Å²) in [6.07, 6.45) is 3.18. The van der Waals surface area contributed by atoms with E-state index in [2.05, 4.69) is 10.3 Å². The molecule has 186 valence electrons. The van der Waals surface area contributed by atoms with Gasteiger partial charge in [-0.2, -0.15) is 0 Å². The minimum absolute atomic E-state index is 0.0327. The number of ether oxygens (including phenoxy) is 1. The van der Waals surface area contributed by atoms with Gasteiger partial charge in [0, 0.05) is 29.4 Å². The highest BCUT2D eigenvalue weighted by Gasteiger charge is 2.17. The molecule has 0 saturated carbocycles. The van der Waals surface area contributed by atoms with Crippen LogP contribution in [0.15, 0.2) is 42.5 Å². The lowest BCUT2D eigenvalue weighted by atomic mass is 9.92. The Hall–Kier alpha value is -3.22. The number of nitrogens with two attached hydrogens (primary N) is 1. The number of Topliss-reactive ketones (excluding diaryl/α,β-unsaturated/α-hetero) is 1. The number of carbonyl (C=O) groups is 1. The summed E-state index contributed by atoms with van der Waals surface area (Å²) >= 11 is 0. The molecule has 3 aromatic rings. The Bertz CT molecular complexity index is 1200. The van der Waals surface area contributed by atoms with Gasteiger partial charge in [0.05, 0.1) is 19.0 Å². The number of carbonyl (C=O) groups excluding carboxylic acids is 1. The molecule has 35 heavy (non-hydrogen) atoms. The van der Waals surface area contributed by atoms with Gasteiger partial charge in [-0.3, -0.25) is 10.1 Å². The number of hydrogen-bond donors (Lipinski definition) is 3. The van der Waals surface area contributed by atoms with Gasteiger partial charge >= 0.3 is 0 Å². The second kappa shape index (κ2) is 12.0. The average molecular weight is 478 g/mol. The Morgan fingerprint density at radius 3 is 2.51 bits per heavy atom. The van der Waals surface area contributed by atoms with Gasteiger partial charge in [-0.05, 0) is 86.2 Å². The van der Waals surface area contributed by atoms with E-state index in [1.165, 1.54) is 12.1 Å². The van der Waals surface area contributed by atoms with E-state index in [0.29, 0.717) is 25.3 Å². The van der Waals surface area contributed by atoms with Crippen molar-refractivity contribution in [2.45, 2.75) is 60.1 Å². The number of hydrogen-bond acceptors (Lipinski definition) is 4. The summed E-state index contributed by atoms with van der Waals surface area (Å²) in [7, 11) is 0. The molecule has 0 unspecified atom stereocenters. The maximum Gasteiger partial charge on any atom is 0.163 e. The minimum Gasteiger partial charge on any atom is -0.397 e. The molecule has 5 nitrogen and oxygen atoms in total. The van der Waals surface area contributed by atoms with Crippen molar-refractivity contribution in [3.8, 4) is 0 Å². The predicted octanol–water partition coefficient (Wildman–Crippen LogP) is 6.40. The highest BCUT2D eigenvalue weighted by Crippen LogP contribution is 2.29. The van der Waals surface area contributed by atoms with Gasteiger partial charge in [0.1, 0.15) is 5.82 Å². The molecule has 0 saturated heterocycles. The van der Waals surface area contributed by atoms with Gasteiger partial charge in [-0.1, -0.05) is 31.2 Å². The zero-order valence-corrected chi connectivity index (χ0v) is 21.3. The first-order valence-electron chi connectivity index (χ1n) is 12.1. The van der Waals surface area contributed by atoms with Crippen LogP contribution < -0.4 is 11.1 Å². The van der Waals surface area contributed by atoms with Crippen LogP contribution >= 0.6 is 0 Å². The van der Waals surface area contributed by atoms with Crippen molar-refractivity contribution >= 4 is 23.1 Å². The maximum atomic E-state index is 13.1. The second-order valence-corrected chi connectivity index (χ2v) is 9.05. The molecule has 6 heteroatoms. The summed E-state index contributed by atoms with van der Waals surface area (Å²) < 4.78 is 19.0. The number of nitrogen functional groups attached to an aromatic ring is 1. The van der Waals surface area contributed by atoms with E-state index < -0.39 is 0 Å². The van der Waals surface area contributed by atoms with Crippen LogP contribution in [-0.2, 0) is 16.1 Å². The van der Waals surface area contributed by atoms with E-state index in [9.17, 15) is 9.18 Å². The predicted molar refractivity (Wildman–Crippen MR) is 141 cm³/mol. The zero-order chi connectivity index (χ0) is 25.5. The molecule has 1 heterocycles. The van der Waals surface area contributed by atoms with E-state index >= 15 is 0 Å². The van der Waals surface area contributed by atoms with Crippen molar-refractivity contribution in [1.29, 1.82) is 0 Å². The SMILES string of the molecule is CCCC(=O)/C(=C\c1[nH]c(C)c(N)c1C)c1cc(COCN[C@H](C)c2ccc(F)cc2)ccc1C. The number of aromatic nitrogens is 1. The standard InChI is InChI=1S/C29H36FN3O2/c1-6-7-28(34)26(15-27-19(3)29(31)21(5)33-27)25-14-22(9-8-18(25)2)16-35-17-32-20(4)23-10-12-24(30)13-11-23/h8-15,20,32-33H,6-7,16-17,31H2,1-5H3/b26-15-/t20-/m1/s1. The van der Waals surface area contributed by atoms with Crippen LogP contribution in [0.5, 0.6) is 0 Å². The normalized spacial score (nSPS) is 12.7. The average Bonchev–Trinajstić information content (AvgIpc) is 3.08. The van der Waals surface area contributed by atoms with E-state index in [1.54, 1.807) is 12.1 Å². The highest BCUT2D eigenvalue weighted by molar-refractivity contribution is 6.25. The van der Waals surface area contributed by atoms with Crippen molar-refractivity contribution < 1.29 is 13.9 Å². The van der Waals surface area contributed by atoms with Gasteiger partial charge in [0.2, 0.25) is 0 Å². The third kappa shape index (κ3) is 6.68. The number of ketones is 1. The third-order valence-electron chi connectivity index (χ3n) is 6.32. The number of anilines is 1. The summed E-state index contributed by atoms with van der Waals surface area (Å²) in [5.41, 5.74) is 14.2. The number of nitrogens with one attached hydrogen (secondary N) is 2. The van der Waals surface area contributed by atoms with E-state index in [-0.39, 0.29) is 17.6 Å². The molecule has 3 rings (SSSR count). The summed E-state index contributed by atoms with van der Waals surface area (Å²) in [6.45, 7) is 10.7. The number of aryl methyl sites for hydroxylation is 2. The maximum absolute atomic E-state index is 13.1. The van der Waals surface area contributed by atoms with Crippen molar-refractivity contribution in [1.82, 2.24) is 10.3 Å². The molecule has 0 bridgehead atoms. The fourth-order valence-corrected chi connectivity index (χ4v) is 4.02. The number of rotatable bonds is 11. The Balaban J connectivity index is 1.76. The minimum atomic E-state index is -0.247. The first kappa shape index (κ1) is 26.4. The molecule has 0 aliphatic carbocycles. The second-order valence-electron chi connectivity index (χ2n) is 9.05. The summed E-state index contributed by atoms with van der Waals surface area (Å²) in [5.74, 6) is -0.142. The van der Waals surface area contributed by atoms with Crippen LogP contribution in [0.2, 0.25) is 0 Å². The van der Waals surface area contributed by atoms with Crippen LogP contribution in [0.4, 0.5) is 10.1 Å². The molecule has 1 aromatic heterocycles. The first-order valence-corrected chi connectivity index (χ1v) is 12.1. The Morgan fingerprint density at radius 2 is 1.89 bits per heavy atom. The fraction of sp³-hybridized carbons (Fsp3) is 0.345. The molecule has 0 spiro atoms. The van der Waals surface area contributed by atoms with Crippen LogP contribution in [0.3, 0.4) is 0 Å². The van der Waals surface area contributed by atoms with Gasteiger partial charge in [0.15, 0.2) is 5.78 Å². The number of benzene rings is 2. The molecule has 0 amide bonds. The molecule has 2 aromatic carbocycles. The molecule has 4 N–H and O–H groups in total. The van der Waals surface area contributed by atoms with Gasteiger partial charge < -0.3 is 15.5 Å². The van der Waals surface area contributed by atoms with Crippen molar-refractivity contribution in [3.63, 3.8) is 0 Å². The Labute approximate surface area is 207 Å². The zero-order valence-electron chi connectivity index (χ0n) is 21.3. The number of aromatic amines is 1. The summed E-state index contributed by atoms with van der Waals surface area (Å²) in [5, 5.41) is 3.29. The van der Waals surface area contributed by atoms with Crippen molar-refractivity contribution in [2.24, 2.45) is 0 Å². The Morgan fingerprint density at radius 1 is 1.17 bits per heavy atom. The quantitative estimate of drug-likeness (QED) is 0.170. The molecule has 0 radical (unpaired) electrons. The fourth-order valence-electron chi connectivity index (χ4n) is 4.02. The lowest BCUT2D eigenvalue weighted by molar-refractivity contribution is -0.113. The van der Waals surface area contributed by atoms with Gasteiger partial charge in [-0.25, -0.2) is 4.39 Å². The molecular formula is C29H36FN3O2.